The van der Waals surface area contributed by atoms with Gasteiger partial charge in [-0.15, -0.1) is 0 Å². The van der Waals surface area contributed by atoms with Crippen LogP contribution in [0.3, 0.4) is 0 Å². The highest BCUT2D eigenvalue weighted by molar-refractivity contribution is 5.73. The first-order chi connectivity index (χ1) is 10.1. The van der Waals surface area contributed by atoms with Crippen LogP contribution in [0.25, 0.3) is 0 Å². The van der Waals surface area contributed by atoms with Crippen LogP contribution in [0.2, 0.25) is 0 Å². The lowest BCUT2D eigenvalue weighted by Gasteiger charge is -2.07. The highest BCUT2D eigenvalue weighted by Crippen LogP contribution is 2.29. The Balaban J connectivity index is 2.45. The molecule has 0 aliphatic rings. The summed E-state index contributed by atoms with van der Waals surface area (Å²) in [5.41, 5.74) is 5.71. The number of nitriles is 2. The van der Waals surface area contributed by atoms with Crippen molar-refractivity contribution in [1.29, 1.82) is 10.5 Å². The van der Waals surface area contributed by atoms with E-state index in [4.69, 9.17) is 16.3 Å². The molecule has 1 aromatic carbocycles. The van der Waals surface area contributed by atoms with E-state index in [-0.39, 0.29) is 22.8 Å². The monoisotopic (exact) mass is 281 g/mol. The Bertz CT molecular complexity index is 804. The minimum absolute atomic E-state index is 0.0962. The number of hydrogen-bond donors (Lipinski definition) is 2. The van der Waals surface area contributed by atoms with Gasteiger partial charge in [-0.1, -0.05) is 0 Å². The molecule has 2 aromatic rings. The van der Waals surface area contributed by atoms with Gasteiger partial charge in [0.15, 0.2) is 0 Å². The van der Waals surface area contributed by atoms with Gasteiger partial charge in [0.1, 0.15) is 18.5 Å². The minimum atomic E-state index is -0.702. The Hall–Kier alpha value is -3.72. The molecule has 0 aliphatic carbocycles. The fourth-order valence-corrected chi connectivity index (χ4v) is 1.61. The van der Waals surface area contributed by atoms with Crippen molar-refractivity contribution in [1.82, 2.24) is 9.97 Å². The first-order valence-electron chi connectivity index (χ1n) is 5.53. The van der Waals surface area contributed by atoms with Crippen molar-refractivity contribution >= 4 is 23.0 Å². The summed E-state index contributed by atoms with van der Waals surface area (Å²) in [4.78, 5) is 17.6. The fraction of sp³-hybridized carbons (Fsp3) is 0. The highest BCUT2D eigenvalue weighted by atomic mass is 16.6. The zero-order valence-corrected chi connectivity index (χ0v) is 10.4. The second-order valence-electron chi connectivity index (χ2n) is 3.82. The maximum absolute atomic E-state index is 11.0. The molecule has 0 spiro atoms. The summed E-state index contributed by atoms with van der Waals surface area (Å²) in [6.07, 6.45) is 1.08. The van der Waals surface area contributed by atoms with Gasteiger partial charge in [-0.2, -0.15) is 10.5 Å². The highest BCUT2D eigenvalue weighted by Gasteiger charge is 2.21. The molecule has 0 bridgehead atoms. The maximum atomic E-state index is 11.0. The second kappa shape index (κ2) is 5.50. The summed E-state index contributed by atoms with van der Waals surface area (Å²) in [5.74, 6) is -0.368. The second-order valence-corrected chi connectivity index (χ2v) is 3.82. The van der Waals surface area contributed by atoms with Crippen molar-refractivity contribution in [3.8, 4) is 12.1 Å². The van der Waals surface area contributed by atoms with E-state index >= 15 is 0 Å². The molecule has 0 atom stereocenters. The molecule has 0 unspecified atom stereocenters. The Morgan fingerprint density at radius 1 is 1.24 bits per heavy atom. The van der Waals surface area contributed by atoms with Gasteiger partial charge < -0.3 is 11.1 Å². The first kappa shape index (κ1) is 13.7. The third-order valence-electron chi connectivity index (χ3n) is 2.56. The van der Waals surface area contributed by atoms with Gasteiger partial charge in [0, 0.05) is 5.69 Å². The van der Waals surface area contributed by atoms with Crippen LogP contribution in [0, 0.1) is 32.8 Å². The molecule has 0 radical (unpaired) electrons. The number of benzene rings is 1. The van der Waals surface area contributed by atoms with Crippen molar-refractivity contribution in [2.45, 2.75) is 0 Å². The molecule has 9 heteroatoms. The Labute approximate surface area is 118 Å². The number of nitro groups is 1. The molecular formula is C12H7N7O2. The van der Waals surface area contributed by atoms with Gasteiger partial charge >= 0.3 is 5.69 Å². The number of anilines is 3. The average Bonchev–Trinajstić information content (AvgIpc) is 2.46. The fourth-order valence-electron chi connectivity index (χ4n) is 1.61. The van der Waals surface area contributed by atoms with Gasteiger partial charge in [0.25, 0.3) is 0 Å². The van der Waals surface area contributed by atoms with Crippen LogP contribution in [0.1, 0.15) is 11.1 Å². The lowest BCUT2D eigenvalue weighted by molar-refractivity contribution is -0.383. The molecule has 1 aromatic heterocycles. The number of nitrogens with two attached hydrogens (primary N) is 1. The molecule has 0 amide bonds. The van der Waals surface area contributed by atoms with Crippen LogP contribution in [0.4, 0.5) is 23.0 Å². The van der Waals surface area contributed by atoms with Gasteiger partial charge in [-0.05, 0) is 18.2 Å². The van der Waals surface area contributed by atoms with E-state index in [1.807, 2.05) is 12.1 Å². The standard InChI is InChI=1S/C12H7N7O2/c13-4-7-1-2-9(3-8(7)5-14)18-12-10(19(20)21)11(15)16-6-17-12/h1-3,6H,(H3,15,16,17,18). The van der Waals surface area contributed by atoms with Gasteiger partial charge in [-0.3, -0.25) is 10.1 Å². The number of aromatic nitrogens is 2. The summed E-state index contributed by atoms with van der Waals surface area (Å²) in [7, 11) is 0. The van der Waals surface area contributed by atoms with Gasteiger partial charge in [0.2, 0.25) is 11.6 Å². The van der Waals surface area contributed by atoms with Crippen LogP contribution in [-0.2, 0) is 0 Å². The molecular weight excluding hydrogens is 274 g/mol. The van der Waals surface area contributed by atoms with Gasteiger partial charge in [-0.25, -0.2) is 9.97 Å². The van der Waals surface area contributed by atoms with E-state index < -0.39 is 10.6 Å². The smallest absolute Gasteiger partial charge is 0.353 e. The number of nitrogen functional groups attached to an aromatic ring is 1. The van der Waals surface area contributed by atoms with E-state index in [0.717, 1.165) is 6.33 Å². The summed E-state index contributed by atoms with van der Waals surface area (Å²) in [6.45, 7) is 0. The summed E-state index contributed by atoms with van der Waals surface area (Å²) in [6, 6.07) is 8.06. The summed E-state index contributed by atoms with van der Waals surface area (Å²) in [5, 5.41) is 31.4. The molecule has 3 N–H and O–H groups in total. The molecule has 0 saturated carbocycles. The van der Waals surface area contributed by atoms with Crippen LogP contribution < -0.4 is 11.1 Å². The van der Waals surface area contributed by atoms with Crippen molar-refractivity contribution in [3.63, 3.8) is 0 Å². The number of rotatable bonds is 3. The van der Waals surface area contributed by atoms with E-state index in [1.165, 1.54) is 18.2 Å². The zero-order chi connectivity index (χ0) is 15.4. The lowest BCUT2D eigenvalue weighted by atomic mass is 10.1. The number of nitrogens with zero attached hydrogens (tertiary/aromatic N) is 5. The van der Waals surface area contributed by atoms with E-state index in [1.54, 1.807) is 0 Å². The Morgan fingerprint density at radius 2 is 1.95 bits per heavy atom. The molecule has 0 aliphatic heterocycles. The largest absolute Gasteiger partial charge is 0.378 e. The van der Waals surface area contributed by atoms with E-state index in [0.29, 0.717) is 5.69 Å². The summed E-state index contributed by atoms with van der Waals surface area (Å²) >= 11 is 0. The molecule has 2 rings (SSSR count). The maximum Gasteiger partial charge on any atom is 0.353 e. The topological polar surface area (TPSA) is 155 Å². The predicted molar refractivity (Wildman–Crippen MR) is 72.3 cm³/mol. The SMILES string of the molecule is N#Cc1ccc(Nc2ncnc(N)c2[N+](=O)[O-])cc1C#N. The average molecular weight is 281 g/mol. The molecule has 0 fully saturated rings. The van der Waals surface area contributed by atoms with Crippen molar-refractivity contribution in [2.75, 3.05) is 11.1 Å². The van der Waals surface area contributed by atoms with E-state index in [9.17, 15) is 10.1 Å². The molecule has 9 nitrogen and oxygen atoms in total. The minimum Gasteiger partial charge on any atom is -0.378 e. The van der Waals surface area contributed by atoms with Crippen LogP contribution >= 0.6 is 0 Å². The van der Waals surface area contributed by atoms with E-state index in [2.05, 4.69) is 15.3 Å². The number of nitrogens with one attached hydrogen (secondary N) is 1. The van der Waals surface area contributed by atoms with Gasteiger partial charge in [0.05, 0.1) is 16.1 Å². The predicted octanol–water partition coefficient (Wildman–Crippen LogP) is 1.45. The molecule has 21 heavy (non-hydrogen) atoms. The summed E-state index contributed by atoms with van der Waals surface area (Å²) < 4.78 is 0. The third kappa shape index (κ3) is 2.67. The molecule has 102 valence electrons. The van der Waals surface area contributed by atoms with Crippen LogP contribution in [0.5, 0.6) is 0 Å². The molecule has 1 heterocycles. The molecule has 0 saturated heterocycles. The quantitative estimate of drug-likeness (QED) is 0.632. The van der Waals surface area contributed by atoms with Crippen LogP contribution in [-0.4, -0.2) is 14.9 Å². The Morgan fingerprint density at radius 3 is 2.57 bits per heavy atom. The van der Waals surface area contributed by atoms with Crippen molar-refractivity contribution < 1.29 is 4.92 Å². The van der Waals surface area contributed by atoms with Crippen molar-refractivity contribution in [3.05, 3.63) is 45.8 Å². The third-order valence-corrected chi connectivity index (χ3v) is 2.56. The zero-order valence-electron chi connectivity index (χ0n) is 10.4. The lowest BCUT2D eigenvalue weighted by Crippen LogP contribution is -2.05. The van der Waals surface area contributed by atoms with Crippen molar-refractivity contribution in [2.24, 2.45) is 0 Å². The normalized spacial score (nSPS) is 9.43. The first-order valence-corrected chi connectivity index (χ1v) is 5.53. The van der Waals surface area contributed by atoms with Crippen LogP contribution in [0.15, 0.2) is 24.5 Å². The Kier molecular flexibility index (Phi) is 3.59. The number of hydrogen-bond acceptors (Lipinski definition) is 8.